The van der Waals surface area contributed by atoms with Crippen LogP contribution in [0.25, 0.3) is 0 Å². The van der Waals surface area contributed by atoms with Crippen LogP contribution in [0.1, 0.15) is 11.5 Å². The van der Waals surface area contributed by atoms with E-state index in [1.165, 1.54) is 16.9 Å². The average molecular weight is 265 g/mol. The summed E-state index contributed by atoms with van der Waals surface area (Å²) in [5.41, 5.74) is 1.07. The van der Waals surface area contributed by atoms with Gasteiger partial charge in [-0.1, -0.05) is 5.16 Å². The van der Waals surface area contributed by atoms with Crippen molar-refractivity contribution in [1.82, 2.24) is 14.9 Å². The fourth-order valence-corrected chi connectivity index (χ4v) is 1.52. The number of carbonyl (C=O) groups excluding carboxylic acids is 1. The summed E-state index contributed by atoms with van der Waals surface area (Å²) >= 11 is 0. The minimum atomic E-state index is -0.622. The van der Waals surface area contributed by atoms with Gasteiger partial charge in [0.2, 0.25) is 5.91 Å². The Hall–Kier alpha value is -2.71. The molecule has 1 N–H and O–H groups in total. The molecule has 0 aliphatic heterocycles. The van der Waals surface area contributed by atoms with Crippen LogP contribution in [-0.4, -0.2) is 25.8 Å². The van der Waals surface area contributed by atoms with E-state index in [0.717, 1.165) is 0 Å². The first-order chi connectivity index (χ1) is 8.97. The number of rotatable bonds is 4. The fourth-order valence-electron chi connectivity index (χ4n) is 1.52. The van der Waals surface area contributed by atoms with E-state index < -0.39 is 4.92 Å². The first-order valence-corrected chi connectivity index (χ1v) is 5.38. The molecule has 9 nitrogen and oxygen atoms in total. The minimum Gasteiger partial charge on any atom is -0.359 e. The second kappa shape index (κ2) is 4.88. The van der Waals surface area contributed by atoms with E-state index in [4.69, 9.17) is 4.52 Å². The van der Waals surface area contributed by atoms with E-state index in [-0.39, 0.29) is 18.3 Å². The Kier molecular flexibility index (Phi) is 3.27. The standard InChI is InChI=1S/C10H11N5O4/c1-6-10(7(2)19-13-6)11-9(16)5-14-4-3-8(12-14)15(17)18/h3-4H,5H2,1-2H3,(H,11,16). The molecule has 0 fully saturated rings. The van der Waals surface area contributed by atoms with Crippen LogP contribution >= 0.6 is 0 Å². The molecule has 0 unspecified atom stereocenters. The zero-order valence-electron chi connectivity index (χ0n) is 10.3. The lowest BCUT2D eigenvalue weighted by Crippen LogP contribution is -2.19. The van der Waals surface area contributed by atoms with Gasteiger partial charge >= 0.3 is 5.82 Å². The average Bonchev–Trinajstić information content (AvgIpc) is 2.91. The largest absolute Gasteiger partial charge is 0.389 e. The molecule has 2 aromatic heterocycles. The van der Waals surface area contributed by atoms with Gasteiger partial charge in [0.1, 0.15) is 17.9 Å². The molecule has 2 heterocycles. The molecular weight excluding hydrogens is 254 g/mol. The molecule has 2 rings (SSSR count). The van der Waals surface area contributed by atoms with E-state index in [9.17, 15) is 14.9 Å². The Labute approximate surface area is 107 Å². The number of amides is 1. The molecule has 0 radical (unpaired) electrons. The molecule has 0 aliphatic rings. The zero-order chi connectivity index (χ0) is 14.0. The molecule has 1 amide bonds. The molecule has 0 aromatic carbocycles. The molecule has 2 aromatic rings. The number of nitrogens with one attached hydrogen (secondary N) is 1. The van der Waals surface area contributed by atoms with E-state index >= 15 is 0 Å². The highest BCUT2D eigenvalue weighted by atomic mass is 16.6. The Bertz CT molecular complexity index is 610. The van der Waals surface area contributed by atoms with Crippen molar-refractivity contribution < 1.29 is 14.2 Å². The van der Waals surface area contributed by atoms with Gasteiger partial charge < -0.3 is 20.0 Å². The molecule has 9 heteroatoms. The number of aryl methyl sites for hydroxylation is 2. The molecular formula is C10H11N5O4. The summed E-state index contributed by atoms with van der Waals surface area (Å²) in [6.45, 7) is 3.25. The number of anilines is 1. The van der Waals surface area contributed by atoms with Crippen LogP contribution in [-0.2, 0) is 11.3 Å². The van der Waals surface area contributed by atoms with E-state index in [1.807, 2.05) is 0 Å². The highest BCUT2D eigenvalue weighted by Crippen LogP contribution is 2.18. The SMILES string of the molecule is Cc1noc(C)c1NC(=O)Cn1ccc([N+](=O)[O-])n1. The highest BCUT2D eigenvalue weighted by molar-refractivity contribution is 5.91. The van der Waals surface area contributed by atoms with Crippen LogP contribution < -0.4 is 5.32 Å². The number of hydrogen-bond acceptors (Lipinski definition) is 6. The maximum atomic E-state index is 11.8. The van der Waals surface area contributed by atoms with Crippen molar-refractivity contribution in [2.24, 2.45) is 0 Å². The first kappa shape index (κ1) is 12.7. The fraction of sp³-hybridized carbons (Fsp3) is 0.300. The van der Waals surface area contributed by atoms with Gasteiger partial charge in [-0.25, -0.2) is 0 Å². The summed E-state index contributed by atoms with van der Waals surface area (Å²) in [6, 6.07) is 1.23. The number of carbonyl (C=O) groups is 1. The van der Waals surface area contributed by atoms with Crippen molar-refractivity contribution >= 4 is 17.4 Å². The molecule has 0 saturated carbocycles. The van der Waals surface area contributed by atoms with Crippen LogP contribution in [0.2, 0.25) is 0 Å². The zero-order valence-corrected chi connectivity index (χ0v) is 10.3. The Balaban J connectivity index is 2.03. The van der Waals surface area contributed by atoms with Crippen molar-refractivity contribution in [2.75, 3.05) is 5.32 Å². The van der Waals surface area contributed by atoms with Crippen LogP contribution in [0.15, 0.2) is 16.8 Å². The van der Waals surface area contributed by atoms with Crippen LogP contribution in [0.3, 0.4) is 0 Å². The Morgan fingerprint density at radius 1 is 1.58 bits per heavy atom. The van der Waals surface area contributed by atoms with Crippen LogP contribution in [0.4, 0.5) is 11.5 Å². The Morgan fingerprint density at radius 3 is 2.84 bits per heavy atom. The van der Waals surface area contributed by atoms with Crippen molar-refractivity contribution in [1.29, 1.82) is 0 Å². The molecule has 19 heavy (non-hydrogen) atoms. The van der Waals surface area contributed by atoms with Gasteiger partial charge in [-0.2, -0.15) is 4.68 Å². The van der Waals surface area contributed by atoms with E-state index in [2.05, 4.69) is 15.6 Å². The second-order valence-electron chi connectivity index (χ2n) is 3.88. The lowest BCUT2D eigenvalue weighted by Gasteiger charge is -2.02. The van der Waals surface area contributed by atoms with Gasteiger partial charge in [0.25, 0.3) is 0 Å². The quantitative estimate of drug-likeness (QED) is 0.652. The molecule has 0 atom stereocenters. The van der Waals surface area contributed by atoms with Gasteiger partial charge in [0, 0.05) is 0 Å². The lowest BCUT2D eigenvalue weighted by atomic mass is 10.3. The van der Waals surface area contributed by atoms with Crippen molar-refractivity contribution in [3.8, 4) is 0 Å². The maximum absolute atomic E-state index is 11.8. The third kappa shape index (κ3) is 2.76. The van der Waals surface area contributed by atoms with Gasteiger partial charge in [-0.05, 0) is 18.8 Å². The first-order valence-electron chi connectivity index (χ1n) is 5.38. The van der Waals surface area contributed by atoms with Gasteiger partial charge in [-0.15, -0.1) is 0 Å². The monoisotopic (exact) mass is 265 g/mol. The van der Waals surface area contributed by atoms with E-state index in [0.29, 0.717) is 17.1 Å². The summed E-state index contributed by atoms with van der Waals surface area (Å²) in [4.78, 5) is 21.6. The highest BCUT2D eigenvalue weighted by Gasteiger charge is 2.16. The van der Waals surface area contributed by atoms with Crippen molar-refractivity contribution in [2.45, 2.75) is 20.4 Å². The van der Waals surface area contributed by atoms with Crippen LogP contribution in [0.5, 0.6) is 0 Å². The smallest absolute Gasteiger partial charge is 0.359 e. The van der Waals surface area contributed by atoms with E-state index in [1.54, 1.807) is 13.8 Å². The minimum absolute atomic E-state index is 0.127. The van der Waals surface area contributed by atoms with Crippen molar-refractivity contribution in [3.63, 3.8) is 0 Å². The summed E-state index contributed by atoms with van der Waals surface area (Å²) < 4.78 is 6.09. The maximum Gasteiger partial charge on any atom is 0.389 e. The predicted molar refractivity (Wildman–Crippen MR) is 63.5 cm³/mol. The third-order valence-corrected chi connectivity index (χ3v) is 2.42. The summed E-state index contributed by atoms with van der Waals surface area (Å²) in [5, 5.41) is 20.4. The topological polar surface area (TPSA) is 116 Å². The normalized spacial score (nSPS) is 10.4. The molecule has 0 bridgehead atoms. The molecule has 0 spiro atoms. The molecule has 0 saturated heterocycles. The number of nitrogens with zero attached hydrogens (tertiary/aromatic N) is 4. The van der Waals surface area contributed by atoms with Gasteiger partial charge in [0.05, 0.1) is 17.4 Å². The molecule has 100 valence electrons. The number of hydrogen-bond donors (Lipinski definition) is 1. The lowest BCUT2D eigenvalue weighted by molar-refractivity contribution is -0.389. The third-order valence-electron chi connectivity index (χ3n) is 2.42. The number of aromatic nitrogens is 3. The summed E-state index contributed by atoms with van der Waals surface area (Å²) in [6.07, 6.45) is 1.37. The predicted octanol–water partition coefficient (Wildman–Crippen LogP) is 1.03. The second-order valence-corrected chi connectivity index (χ2v) is 3.88. The summed E-state index contributed by atoms with van der Waals surface area (Å²) in [7, 11) is 0. The summed E-state index contributed by atoms with van der Waals surface area (Å²) in [5.74, 6) is -0.171. The van der Waals surface area contributed by atoms with Gasteiger partial charge in [0.15, 0.2) is 5.76 Å². The number of nitro groups is 1. The van der Waals surface area contributed by atoms with Crippen LogP contribution in [0, 0.1) is 24.0 Å². The molecule has 0 aliphatic carbocycles. The Morgan fingerprint density at radius 2 is 2.32 bits per heavy atom. The van der Waals surface area contributed by atoms with Gasteiger partial charge in [-0.3, -0.25) is 4.79 Å². The van der Waals surface area contributed by atoms with Crippen molar-refractivity contribution in [3.05, 3.63) is 33.8 Å².